The molecule has 2 aromatic carbocycles. The predicted octanol–water partition coefficient (Wildman–Crippen LogP) is 4.40. The van der Waals surface area contributed by atoms with Crippen molar-refractivity contribution in [2.24, 2.45) is 0 Å². The van der Waals surface area contributed by atoms with E-state index < -0.39 is 0 Å². The zero-order valence-corrected chi connectivity index (χ0v) is 14.5. The van der Waals surface area contributed by atoms with Crippen LogP contribution in [-0.2, 0) is 0 Å². The van der Waals surface area contributed by atoms with Gasteiger partial charge < -0.3 is 10.6 Å². The van der Waals surface area contributed by atoms with Crippen molar-refractivity contribution >= 4 is 23.1 Å². The van der Waals surface area contributed by atoms with Crippen LogP contribution in [0.15, 0.2) is 54.9 Å². The Morgan fingerprint density at radius 3 is 2.48 bits per heavy atom. The lowest BCUT2D eigenvalue weighted by Gasteiger charge is -2.10. The number of anilines is 3. The monoisotopic (exact) mass is 332 g/mol. The molecule has 25 heavy (non-hydrogen) atoms. The van der Waals surface area contributed by atoms with Gasteiger partial charge in [0.25, 0.3) is 5.91 Å². The Morgan fingerprint density at radius 2 is 1.72 bits per heavy atom. The number of rotatable bonds is 4. The topological polar surface area (TPSA) is 66.9 Å². The van der Waals surface area contributed by atoms with Gasteiger partial charge in [0.1, 0.15) is 17.8 Å². The molecule has 1 aromatic heterocycles. The molecule has 5 heteroatoms. The Morgan fingerprint density at radius 1 is 0.920 bits per heavy atom. The van der Waals surface area contributed by atoms with Crippen LogP contribution >= 0.6 is 0 Å². The second-order valence-electron chi connectivity index (χ2n) is 6.06. The third kappa shape index (κ3) is 4.20. The molecule has 0 bridgehead atoms. The van der Waals surface area contributed by atoms with Crippen LogP contribution < -0.4 is 10.6 Å². The minimum atomic E-state index is -0.267. The van der Waals surface area contributed by atoms with E-state index in [0.29, 0.717) is 11.5 Å². The normalized spacial score (nSPS) is 10.4. The first kappa shape index (κ1) is 16.6. The third-order valence-corrected chi connectivity index (χ3v) is 3.82. The van der Waals surface area contributed by atoms with E-state index in [1.165, 1.54) is 11.9 Å². The predicted molar refractivity (Wildman–Crippen MR) is 100 cm³/mol. The molecule has 0 spiro atoms. The Balaban J connectivity index is 1.77. The van der Waals surface area contributed by atoms with Gasteiger partial charge in [-0.15, -0.1) is 0 Å². The molecular formula is C20H20N4O. The minimum absolute atomic E-state index is 0.267. The highest BCUT2D eigenvalue weighted by Gasteiger charge is 2.10. The summed E-state index contributed by atoms with van der Waals surface area (Å²) < 4.78 is 0. The number of aryl methyl sites for hydroxylation is 3. The van der Waals surface area contributed by atoms with Gasteiger partial charge in [0, 0.05) is 17.4 Å². The quantitative estimate of drug-likeness (QED) is 0.743. The van der Waals surface area contributed by atoms with Gasteiger partial charge in [-0.05, 0) is 50.1 Å². The van der Waals surface area contributed by atoms with Crippen molar-refractivity contribution in [2.75, 3.05) is 10.6 Å². The van der Waals surface area contributed by atoms with Crippen molar-refractivity contribution in [3.63, 3.8) is 0 Å². The fourth-order valence-corrected chi connectivity index (χ4v) is 2.56. The standard InChI is InChI=1S/C20H20N4O/c1-13-5-4-6-16(10-13)23-20(25)18-11-19(22-12-21-18)24-17-8-7-14(2)9-15(17)3/h4-12H,1-3H3,(H,23,25)(H,21,22,24). The zero-order chi connectivity index (χ0) is 17.8. The molecule has 126 valence electrons. The molecule has 1 amide bonds. The van der Waals surface area contributed by atoms with E-state index in [9.17, 15) is 4.79 Å². The first-order chi connectivity index (χ1) is 12.0. The molecule has 0 fully saturated rings. The number of nitrogens with one attached hydrogen (secondary N) is 2. The summed E-state index contributed by atoms with van der Waals surface area (Å²) in [6.45, 7) is 6.06. The lowest BCUT2D eigenvalue weighted by molar-refractivity contribution is 0.102. The number of amides is 1. The average Bonchev–Trinajstić information content (AvgIpc) is 2.58. The maximum atomic E-state index is 12.4. The van der Waals surface area contributed by atoms with Crippen LogP contribution in [0.2, 0.25) is 0 Å². The molecule has 0 aliphatic rings. The summed E-state index contributed by atoms with van der Waals surface area (Å²) in [6.07, 6.45) is 1.39. The molecule has 0 saturated heterocycles. The Bertz CT molecular complexity index is 921. The Labute approximate surface area is 147 Å². The average molecular weight is 332 g/mol. The minimum Gasteiger partial charge on any atom is -0.340 e. The number of aromatic nitrogens is 2. The Hall–Kier alpha value is -3.21. The van der Waals surface area contributed by atoms with Crippen LogP contribution in [0.5, 0.6) is 0 Å². The molecule has 0 atom stereocenters. The number of nitrogens with zero attached hydrogens (tertiary/aromatic N) is 2. The smallest absolute Gasteiger partial charge is 0.274 e. The van der Waals surface area contributed by atoms with Crippen LogP contribution in [0.3, 0.4) is 0 Å². The molecule has 1 heterocycles. The van der Waals surface area contributed by atoms with Gasteiger partial charge >= 0.3 is 0 Å². The first-order valence-corrected chi connectivity index (χ1v) is 8.05. The number of benzene rings is 2. The summed E-state index contributed by atoms with van der Waals surface area (Å²) >= 11 is 0. The maximum Gasteiger partial charge on any atom is 0.274 e. The van der Waals surface area contributed by atoms with E-state index in [-0.39, 0.29) is 5.91 Å². The summed E-state index contributed by atoms with van der Waals surface area (Å²) in [5, 5.41) is 6.09. The largest absolute Gasteiger partial charge is 0.340 e. The van der Waals surface area contributed by atoms with Gasteiger partial charge in [0.15, 0.2) is 0 Å². The second-order valence-corrected chi connectivity index (χ2v) is 6.06. The fraction of sp³-hybridized carbons (Fsp3) is 0.150. The molecule has 0 unspecified atom stereocenters. The molecule has 0 aliphatic heterocycles. The molecule has 2 N–H and O–H groups in total. The van der Waals surface area contributed by atoms with Crippen molar-refractivity contribution < 1.29 is 4.79 Å². The van der Waals surface area contributed by atoms with E-state index >= 15 is 0 Å². The van der Waals surface area contributed by atoms with E-state index in [4.69, 9.17) is 0 Å². The molecular weight excluding hydrogens is 312 g/mol. The van der Waals surface area contributed by atoms with E-state index in [0.717, 1.165) is 22.5 Å². The van der Waals surface area contributed by atoms with Gasteiger partial charge in [0.2, 0.25) is 0 Å². The summed E-state index contributed by atoms with van der Waals surface area (Å²) in [5.41, 5.74) is 5.40. The lowest BCUT2D eigenvalue weighted by Crippen LogP contribution is -2.14. The highest BCUT2D eigenvalue weighted by molar-refractivity contribution is 6.03. The summed E-state index contributed by atoms with van der Waals surface area (Å²) in [6, 6.07) is 15.4. The Kier molecular flexibility index (Phi) is 4.75. The van der Waals surface area contributed by atoms with Crippen LogP contribution in [0.25, 0.3) is 0 Å². The summed E-state index contributed by atoms with van der Waals surface area (Å²) in [4.78, 5) is 20.7. The van der Waals surface area contributed by atoms with Crippen molar-refractivity contribution in [2.45, 2.75) is 20.8 Å². The molecule has 0 aliphatic carbocycles. The van der Waals surface area contributed by atoms with Crippen LogP contribution in [0.1, 0.15) is 27.2 Å². The molecule has 0 radical (unpaired) electrons. The highest BCUT2D eigenvalue weighted by atomic mass is 16.1. The van der Waals surface area contributed by atoms with Gasteiger partial charge in [0.05, 0.1) is 0 Å². The molecule has 0 saturated carbocycles. The second kappa shape index (κ2) is 7.13. The molecule has 3 aromatic rings. The van der Waals surface area contributed by atoms with E-state index in [1.54, 1.807) is 6.07 Å². The number of carbonyl (C=O) groups excluding carboxylic acids is 1. The van der Waals surface area contributed by atoms with Crippen molar-refractivity contribution in [1.82, 2.24) is 9.97 Å². The van der Waals surface area contributed by atoms with Crippen molar-refractivity contribution in [1.29, 1.82) is 0 Å². The van der Waals surface area contributed by atoms with E-state index in [1.807, 2.05) is 50.2 Å². The molecule has 5 nitrogen and oxygen atoms in total. The van der Waals surface area contributed by atoms with Crippen molar-refractivity contribution in [3.8, 4) is 0 Å². The fourth-order valence-electron chi connectivity index (χ4n) is 2.56. The summed E-state index contributed by atoms with van der Waals surface area (Å²) in [7, 11) is 0. The van der Waals surface area contributed by atoms with Gasteiger partial charge in [-0.2, -0.15) is 0 Å². The van der Waals surface area contributed by atoms with Crippen LogP contribution in [0, 0.1) is 20.8 Å². The lowest BCUT2D eigenvalue weighted by atomic mass is 10.1. The SMILES string of the molecule is Cc1cccc(NC(=O)c2cc(Nc3ccc(C)cc3C)ncn2)c1. The zero-order valence-electron chi connectivity index (χ0n) is 14.5. The van der Waals surface area contributed by atoms with Gasteiger partial charge in [-0.25, -0.2) is 9.97 Å². The number of hydrogen-bond donors (Lipinski definition) is 2. The maximum absolute atomic E-state index is 12.4. The van der Waals surface area contributed by atoms with Crippen LogP contribution in [-0.4, -0.2) is 15.9 Å². The number of carbonyl (C=O) groups is 1. The highest BCUT2D eigenvalue weighted by Crippen LogP contribution is 2.20. The van der Waals surface area contributed by atoms with Gasteiger partial charge in [-0.1, -0.05) is 29.8 Å². The third-order valence-electron chi connectivity index (χ3n) is 3.82. The first-order valence-electron chi connectivity index (χ1n) is 8.05. The van der Waals surface area contributed by atoms with Gasteiger partial charge in [-0.3, -0.25) is 4.79 Å². The van der Waals surface area contributed by atoms with Crippen LogP contribution in [0.4, 0.5) is 17.2 Å². The number of hydrogen-bond acceptors (Lipinski definition) is 4. The summed E-state index contributed by atoms with van der Waals surface area (Å²) in [5.74, 6) is 0.313. The van der Waals surface area contributed by atoms with Crippen molar-refractivity contribution in [3.05, 3.63) is 77.2 Å². The molecule has 3 rings (SSSR count). The van der Waals surface area contributed by atoms with E-state index in [2.05, 4.69) is 33.6 Å².